The molecule has 2 N–H and O–H groups in total. The van der Waals surface area contributed by atoms with Crippen LogP contribution in [0.5, 0.6) is 0 Å². The molecule has 1 fully saturated rings. The summed E-state index contributed by atoms with van der Waals surface area (Å²) in [7, 11) is 0. The Bertz CT molecular complexity index is 574. The van der Waals surface area contributed by atoms with E-state index < -0.39 is 0 Å². The lowest BCUT2D eigenvalue weighted by Crippen LogP contribution is -2.28. The van der Waals surface area contributed by atoms with Gasteiger partial charge in [0, 0.05) is 40.6 Å². The number of nitrogens with zero attached hydrogens (tertiary/aromatic N) is 2. The maximum absolute atomic E-state index is 6.10. The Morgan fingerprint density at radius 2 is 2.11 bits per heavy atom. The summed E-state index contributed by atoms with van der Waals surface area (Å²) in [6.45, 7) is 4.07. The van der Waals surface area contributed by atoms with Crippen LogP contribution in [0.1, 0.15) is 6.92 Å². The monoisotopic (exact) mass is 305 g/mol. The van der Waals surface area contributed by atoms with Gasteiger partial charge in [-0.1, -0.05) is 35.0 Å². The van der Waals surface area contributed by atoms with Gasteiger partial charge in [-0.25, -0.2) is 4.98 Å². The summed E-state index contributed by atoms with van der Waals surface area (Å²) in [5.74, 6) is 1.57. The van der Waals surface area contributed by atoms with Crippen LogP contribution >= 0.6 is 15.9 Å². The summed E-state index contributed by atoms with van der Waals surface area (Å²) in [4.78, 5) is 6.84. The van der Waals surface area contributed by atoms with Crippen LogP contribution < -0.4 is 10.6 Å². The molecule has 0 amide bonds. The van der Waals surface area contributed by atoms with Crippen molar-refractivity contribution in [3.8, 4) is 0 Å². The number of hydrogen-bond acceptors (Lipinski definition) is 3. The average Bonchev–Trinajstić information content (AvgIpc) is 2.69. The van der Waals surface area contributed by atoms with Gasteiger partial charge in [-0.15, -0.1) is 0 Å². The molecule has 0 radical (unpaired) electrons. The predicted octanol–water partition coefficient (Wildman–Crippen LogP) is 2.78. The van der Waals surface area contributed by atoms with Crippen molar-refractivity contribution < 1.29 is 0 Å². The molecule has 0 spiro atoms. The first-order valence-corrected chi connectivity index (χ1v) is 7.00. The summed E-state index contributed by atoms with van der Waals surface area (Å²) in [5.41, 5.74) is 6.10. The van der Waals surface area contributed by atoms with Crippen molar-refractivity contribution >= 4 is 32.5 Å². The number of benzene rings is 1. The Hall–Kier alpha value is -1.13. The van der Waals surface area contributed by atoms with E-state index in [0.29, 0.717) is 5.92 Å². The second-order valence-electron chi connectivity index (χ2n) is 5.02. The van der Waals surface area contributed by atoms with E-state index in [2.05, 4.69) is 50.9 Å². The van der Waals surface area contributed by atoms with Crippen LogP contribution in [0, 0.1) is 5.92 Å². The molecule has 1 aromatic carbocycles. The van der Waals surface area contributed by atoms with Crippen molar-refractivity contribution in [1.82, 2.24) is 4.98 Å². The lowest BCUT2D eigenvalue weighted by atomic mass is 10.1. The number of aromatic nitrogens is 1. The molecule has 2 heterocycles. The minimum atomic E-state index is 0.245. The van der Waals surface area contributed by atoms with E-state index in [9.17, 15) is 0 Å². The van der Waals surface area contributed by atoms with Gasteiger partial charge in [-0.05, 0) is 18.1 Å². The fourth-order valence-corrected chi connectivity index (χ4v) is 3.07. The van der Waals surface area contributed by atoms with Crippen LogP contribution in [0.3, 0.4) is 0 Å². The number of pyridine rings is 1. The van der Waals surface area contributed by atoms with Gasteiger partial charge in [-0.3, -0.25) is 0 Å². The summed E-state index contributed by atoms with van der Waals surface area (Å²) in [5, 5.41) is 2.39. The van der Waals surface area contributed by atoms with Crippen molar-refractivity contribution in [3.63, 3.8) is 0 Å². The normalized spacial score (nSPS) is 23.8. The Labute approximate surface area is 115 Å². The zero-order chi connectivity index (χ0) is 12.7. The Balaban J connectivity index is 2.10. The van der Waals surface area contributed by atoms with Crippen molar-refractivity contribution in [1.29, 1.82) is 0 Å². The molecule has 2 unspecified atom stereocenters. The highest BCUT2D eigenvalue weighted by atomic mass is 79.9. The zero-order valence-corrected chi connectivity index (χ0v) is 11.9. The van der Waals surface area contributed by atoms with Gasteiger partial charge in [-0.2, -0.15) is 0 Å². The highest BCUT2D eigenvalue weighted by Gasteiger charge is 2.28. The molecule has 0 aliphatic carbocycles. The molecular formula is C14H16BrN3. The van der Waals surface area contributed by atoms with Gasteiger partial charge in [0.2, 0.25) is 0 Å². The van der Waals surface area contributed by atoms with E-state index in [1.807, 2.05) is 12.3 Å². The number of fused-ring (bicyclic) bond motifs is 1. The smallest absolute Gasteiger partial charge is 0.136 e. The molecule has 1 aliphatic heterocycles. The highest BCUT2D eigenvalue weighted by Crippen LogP contribution is 2.31. The third-order valence-electron chi connectivity index (χ3n) is 3.70. The highest BCUT2D eigenvalue weighted by molar-refractivity contribution is 9.10. The fraction of sp³-hybridized carbons (Fsp3) is 0.357. The lowest BCUT2D eigenvalue weighted by molar-refractivity contribution is 0.566. The molecule has 3 nitrogen and oxygen atoms in total. The van der Waals surface area contributed by atoms with E-state index in [4.69, 9.17) is 5.73 Å². The van der Waals surface area contributed by atoms with Crippen molar-refractivity contribution in [2.24, 2.45) is 11.7 Å². The maximum Gasteiger partial charge on any atom is 0.136 e. The summed E-state index contributed by atoms with van der Waals surface area (Å²) < 4.78 is 1.11. The van der Waals surface area contributed by atoms with E-state index in [-0.39, 0.29) is 6.04 Å². The largest absolute Gasteiger partial charge is 0.354 e. The van der Waals surface area contributed by atoms with Gasteiger partial charge in [0.05, 0.1) is 0 Å². The first-order chi connectivity index (χ1) is 8.66. The van der Waals surface area contributed by atoms with Crippen molar-refractivity contribution in [3.05, 3.63) is 34.9 Å². The third kappa shape index (κ3) is 1.89. The number of anilines is 1. The van der Waals surface area contributed by atoms with Crippen molar-refractivity contribution in [2.75, 3.05) is 18.0 Å². The van der Waals surface area contributed by atoms with Gasteiger partial charge >= 0.3 is 0 Å². The predicted molar refractivity (Wildman–Crippen MR) is 78.8 cm³/mol. The molecule has 1 aliphatic rings. The molecular weight excluding hydrogens is 290 g/mol. The van der Waals surface area contributed by atoms with Crippen LogP contribution in [-0.4, -0.2) is 24.1 Å². The second-order valence-corrected chi connectivity index (χ2v) is 5.87. The molecule has 1 saturated heterocycles. The fourth-order valence-electron chi connectivity index (χ4n) is 2.57. The second kappa shape index (κ2) is 4.52. The standard InChI is InChI=1S/C14H16BrN3/c1-9-7-18(8-13(9)16)14-11-3-2-4-12(15)10(11)5-6-17-14/h2-6,9,13H,7-8,16H2,1H3. The quantitative estimate of drug-likeness (QED) is 0.881. The molecule has 0 bridgehead atoms. The molecule has 18 heavy (non-hydrogen) atoms. The van der Waals surface area contributed by atoms with E-state index >= 15 is 0 Å². The Morgan fingerprint density at radius 1 is 1.28 bits per heavy atom. The molecule has 3 rings (SSSR count). The van der Waals surface area contributed by atoms with Gasteiger partial charge in [0.15, 0.2) is 0 Å². The first-order valence-electron chi connectivity index (χ1n) is 6.20. The summed E-state index contributed by atoms with van der Waals surface area (Å²) in [6.07, 6.45) is 1.87. The SMILES string of the molecule is CC1CN(c2nccc3c(Br)cccc23)CC1N. The van der Waals surface area contributed by atoms with Gasteiger partial charge < -0.3 is 10.6 Å². The zero-order valence-electron chi connectivity index (χ0n) is 10.3. The van der Waals surface area contributed by atoms with E-state index in [1.54, 1.807) is 0 Å². The molecule has 1 aromatic heterocycles. The molecule has 94 valence electrons. The van der Waals surface area contributed by atoms with Crippen LogP contribution in [0.25, 0.3) is 10.8 Å². The molecule has 2 aromatic rings. The Morgan fingerprint density at radius 3 is 2.83 bits per heavy atom. The van der Waals surface area contributed by atoms with Crippen LogP contribution in [-0.2, 0) is 0 Å². The minimum absolute atomic E-state index is 0.245. The lowest BCUT2D eigenvalue weighted by Gasteiger charge is -2.19. The van der Waals surface area contributed by atoms with Gasteiger partial charge in [0.1, 0.15) is 5.82 Å². The van der Waals surface area contributed by atoms with Crippen molar-refractivity contribution in [2.45, 2.75) is 13.0 Å². The number of rotatable bonds is 1. The topological polar surface area (TPSA) is 42.2 Å². The average molecular weight is 306 g/mol. The van der Waals surface area contributed by atoms with Crippen LogP contribution in [0.15, 0.2) is 34.9 Å². The van der Waals surface area contributed by atoms with Gasteiger partial charge in [0.25, 0.3) is 0 Å². The number of nitrogens with two attached hydrogens (primary N) is 1. The minimum Gasteiger partial charge on any atom is -0.354 e. The summed E-state index contributed by atoms with van der Waals surface area (Å²) >= 11 is 3.59. The van der Waals surface area contributed by atoms with E-state index in [0.717, 1.165) is 23.4 Å². The summed E-state index contributed by atoms with van der Waals surface area (Å²) in [6, 6.07) is 8.52. The van der Waals surface area contributed by atoms with Crippen LogP contribution in [0.2, 0.25) is 0 Å². The molecule has 4 heteroatoms. The van der Waals surface area contributed by atoms with Crippen LogP contribution in [0.4, 0.5) is 5.82 Å². The Kier molecular flexibility index (Phi) is 2.99. The first kappa shape index (κ1) is 11.9. The third-order valence-corrected chi connectivity index (χ3v) is 4.39. The number of halogens is 1. The molecule has 0 saturated carbocycles. The number of hydrogen-bond donors (Lipinski definition) is 1. The maximum atomic E-state index is 6.10. The van der Waals surface area contributed by atoms with E-state index in [1.165, 1.54) is 10.8 Å². The molecule has 2 atom stereocenters.